The molecule has 4 nitrogen and oxygen atoms in total. The van der Waals surface area contributed by atoms with Crippen molar-refractivity contribution in [1.82, 2.24) is 10.3 Å². The summed E-state index contributed by atoms with van der Waals surface area (Å²) in [5.74, 6) is 0.608. The number of hydrogen-bond acceptors (Lipinski definition) is 3. The van der Waals surface area contributed by atoms with E-state index in [1.165, 1.54) is 25.7 Å². The minimum absolute atomic E-state index is 0.0567. The third kappa shape index (κ3) is 3.67. The first-order chi connectivity index (χ1) is 10.2. The molecule has 114 valence electrons. The number of nitrogens with zero attached hydrogens (tertiary/aromatic N) is 1. The highest BCUT2D eigenvalue weighted by Crippen LogP contribution is 2.26. The van der Waals surface area contributed by atoms with Crippen LogP contribution in [0.15, 0.2) is 12.3 Å². The van der Waals surface area contributed by atoms with Gasteiger partial charge in [-0.25, -0.2) is 4.98 Å². The molecule has 0 atom stereocenters. The van der Waals surface area contributed by atoms with E-state index in [-0.39, 0.29) is 5.91 Å². The van der Waals surface area contributed by atoms with Crippen LogP contribution in [-0.4, -0.2) is 23.0 Å². The van der Waals surface area contributed by atoms with Gasteiger partial charge >= 0.3 is 0 Å². The summed E-state index contributed by atoms with van der Waals surface area (Å²) in [6.07, 6.45) is 11.0. The van der Waals surface area contributed by atoms with Gasteiger partial charge < -0.3 is 10.6 Å². The Balaban J connectivity index is 1.71. The predicted octanol–water partition coefficient (Wildman–Crippen LogP) is 3.76. The highest BCUT2D eigenvalue weighted by atomic mass is 35.5. The lowest BCUT2D eigenvalue weighted by molar-refractivity contribution is 0.0928. The van der Waals surface area contributed by atoms with E-state index in [9.17, 15) is 4.79 Å². The topological polar surface area (TPSA) is 54.0 Å². The van der Waals surface area contributed by atoms with Gasteiger partial charge in [0.25, 0.3) is 5.91 Å². The van der Waals surface area contributed by atoms with Crippen molar-refractivity contribution in [2.45, 2.75) is 63.5 Å². The Morgan fingerprint density at radius 1 is 1.10 bits per heavy atom. The SMILES string of the molecule is O=C(NC1CCCCC1)c1cc(Cl)cnc1NC1CCC1. The second-order valence-electron chi connectivity index (χ2n) is 6.13. The highest BCUT2D eigenvalue weighted by Gasteiger charge is 2.23. The van der Waals surface area contributed by atoms with Gasteiger partial charge in [0.05, 0.1) is 10.6 Å². The summed E-state index contributed by atoms with van der Waals surface area (Å²) in [6, 6.07) is 2.45. The molecule has 1 aromatic rings. The number of rotatable bonds is 4. The van der Waals surface area contributed by atoms with Crippen molar-refractivity contribution in [3.8, 4) is 0 Å². The van der Waals surface area contributed by atoms with Crippen molar-refractivity contribution in [2.75, 3.05) is 5.32 Å². The molecule has 0 saturated heterocycles. The van der Waals surface area contributed by atoms with Crippen molar-refractivity contribution in [2.24, 2.45) is 0 Å². The second-order valence-corrected chi connectivity index (χ2v) is 6.57. The molecular formula is C16H22ClN3O. The summed E-state index contributed by atoms with van der Waals surface area (Å²) in [7, 11) is 0. The molecule has 2 aliphatic carbocycles. The number of amides is 1. The number of halogens is 1. The summed E-state index contributed by atoms with van der Waals surface area (Å²) in [5, 5.41) is 7.00. The van der Waals surface area contributed by atoms with Crippen LogP contribution in [0.1, 0.15) is 61.7 Å². The molecule has 0 bridgehead atoms. The van der Waals surface area contributed by atoms with Crippen LogP contribution in [0.2, 0.25) is 5.02 Å². The van der Waals surface area contributed by atoms with Crippen molar-refractivity contribution < 1.29 is 4.79 Å². The maximum absolute atomic E-state index is 12.5. The largest absolute Gasteiger partial charge is 0.367 e. The van der Waals surface area contributed by atoms with Gasteiger partial charge in [0.2, 0.25) is 0 Å². The van der Waals surface area contributed by atoms with E-state index in [1.54, 1.807) is 12.3 Å². The molecule has 0 spiro atoms. The quantitative estimate of drug-likeness (QED) is 0.890. The Morgan fingerprint density at radius 3 is 2.48 bits per heavy atom. The van der Waals surface area contributed by atoms with Gasteiger partial charge in [-0.1, -0.05) is 30.9 Å². The number of aromatic nitrogens is 1. The summed E-state index contributed by atoms with van der Waals surface area (Å²) in [5.41, 5.74) is 0.569. The summed E-state index contributed by atoms with van der Waals surface area (Å²) in [6.45, 7) is 0. The molecule has 2 saturated carbocycles. The lowest BCUT2D eigenvalue weighted by Gasteiger charge is -2.28. The minimum Gasteiger partial charge on any atom is -0.367 e. The van der Waals surface area contributed by atoms with Gasteiger partial charge in [0.15, 0.2) is 0 Å². The van der Waals surface area contributed by atoms with E-state index in [0.29, 0.717) is 28.5 Å². The van der Waals surface area contributed by atoms with E-state index in [4.69, 9.17) is 11.6 Å². The van der Waals surface area contributed by atoms with Gasteiger partial charge in [-0.2, -0.15) is 0 Å². The fourth-order valence-corrected chi connectivity index (χ4v) is 3.14. The molecular weight excluding hydrogens is 286 g/mol. The van der Waals surface area contributed by atoms with Gasteiger partial charge in [0.1, 0.15) is 5.82 Å². The van der Waals surface area contributed by atoms with Crippen LogP contribution in [0.5, 0.6) is 0 Å². The van der Waals surface area contributed by atoms with Crippen molar-refractivity contribution in [3.63, 3.8) is 0 Å². The van der Waals surface area contributed by atoms with Gasteiger partial charge in [-0.05, 0) is 38.2 Å². The molecule has 1 heterocycles. The fraction of sp³-hybridized carbons (Fsp3) is 0.625. The Morgan fingerprint density at radius 2 is 1.81 bits per heavy atom. The lowest BCUT2D eigenvalue weighted by atomic mass is 9.93. The molecule has 0 unspecified atom stereocenters. The molecule has 0 aromatic carbocycles. The number of anilines is 1. The molecule has 2 N–H and O–H groups in total. The molecule has 2 fully saturated rings. The Labute approximate surface area is 130 Å². The Kier molecular flexibility index (Phi) is 4.63. The Hall–Kier alpha value is -1.29. The van der Waals surface area contributed by atoms with Crippen molar-refractivity contribution in [1.29, 1.82) is 0 Å². The monoisotopic (exact) mass is 307 g/mol. The van der Waals surface area contributed by atoms with Crippen LogP contribution in [0.4, 0.5) is 5.82 Å². The zero-order valence-electron chi connectivity index (χ0n) is 12.2. The van der Waals surface area contributed by atoms with Crippen molar-refractivity contribution >= 4 is 23.3 Å². The first-order valence-corrected chi connectivity index (χ1v) is 8.33. The Bertz CT molecular complexity index is 510. The first-order valence-electron chi connectivity index (χ1n) is 7.95. The summed E-state index contributed by atoms with van der Waals surface area (Å²) < 4.78 is 0. The van der Waals surface area contributed by atoms with E-state index < -0.39 is 0 Å². The normalized spacial score (nSPS) is 19.9. The van der Waals surface area contributed by atoms with Crippen molar-refractivity contribution in [3.05, 3.63) is 22.8 Å². The standard InChI is InChI=1S/C16H22ClN3O/c17-11-9-14(15(18-10-11)19-12-7-4-8-12)16(21)20-13-5-2-1-3-6-13/h9-10,12-13H,1-8H2,(H,18,19)(H,20,21). The number of carbonyl (C=O) groups is 1. The van der Waals surface area contributed by atoms with Crippen LogP contribution in [0.3, 0.4) is 0 Å². The maximum Gasteiger partial charge on any atom is 0.255 e. The molecule has 1 amide bonds. The molecule has 5 heteroatoms. The maximum atomic E-state index is 12.5. The molecule has 1 aromatic heterocycles. The third-order valence-corrected chi connectivity index (χ3v) is 4.69. The average molecular weight is 308 g/mol. The highest BCUT2D eigenvalue weighted by molar-refractivity contribution is 6.31. The number of nitrogens with one attached hydrogen (secondary N) is 2. The summed E-state index contributed by atoms with van der Waals surface area (Å²) >= 11 is 6.02. The number of pyridine rings is 1. The smallest absolute Gasteiger partial charge is 0.255 e. The van der Waals surface area contributed by atoms with E-state index >= 15 is 0 Å². The third-order valence-electron chi connectivity index (χ3n) is 4.49. The summed E-state index contributed by atoms with van der Waals surface area (Å²) in [4.78, 5) is 16.8. The number of carbonyl (C=O) groups excluding carboxylic acids is 1. The average Bonchev–Trinajstić information content (AvgIpc) is 2.45. The van der Waals surface area contributed by atoms with E-state index in [1.807, 2.05) is 0 Å². The minimum atomic E-state index is -0.0567. The first kappa shape index (κ1) is 14.6. The molecule has 0 aliphatic heterocycles. The van der Waals surface area contributed by atoms with Gasteiger partial charge in [0, 0.05) is 18.3 Å². The molecule has 0 radical (unpaired) electrons. The molecule has 2 aliphatic rings. The van der Waals surface area contributed by atoms with Crippen LogP contribution in [-0.2, 0) is 0 Å². The van der Waals surface area contributed by atoms with Crippen LogP contribution in [0, 0.1) is 0 Å². The zero-order chi connectivity index (χ0) is 14.7. The van der Waals surface area contributed by atoms with Crippen LogP contribution in [0.25, 0.3) is 0 Å². The van der Waals surface area contributed by atoms with E-state index in [2.05, 4.69) is 15.6 Å². The predicted molar refractivity (Wildman–Crippen MR) is 84.8 cm³/mol. The van der Waals surface area contributed by atoms with E-state index in [0.717, 1.165) is 25.7 Å². The van der Waals surface area contributed by atoms with Crippen LogP contribution >= 0.6 is 11.6 Å². The molecule has 21 heavy (non-hydrogen) atoms. The van der Waals surface area contributed by atoms with Gasteiger partial charge in [-0.3, -0.25) is 4.79 Å². The second kappa shape index (κ2) is 6.65. The number of hydrogen-bond donors (Lipinski definition) is 2. The fourth-order valence-electron chi connectivity index (χ4n) is 2.98. The van der Waals surface area contributed by atoms with Crippen LogP contribution < -0.4 is 10.6 Å². The zero-order valence-corrected chi connectivity index (χ0v) is 13.0. The lowest BCUT2D eigenvalue weighted by Crippen LogP contribution is -2.37. The molecule has 3 rings (SSSR count). The van der Waals surface area contributed by atoms with Gasteiger partial charge in [-0.15, -0.1) is 0 Å².